The minimum absolute atomic E-state index is 0.233. The maximum Gasteiger partial charge on any atom is 0.376 e. The molecule has 1 rings (SSSR count). The Morgan fingerprint density at radius 2 is 2.17 bits per heavy atom. The van der Waals surface area contributed by atoms with Crippen LogP contribution in [0.3, 0.4) is 0 Å². The van der Waals surface area contributed by atoms with Crippen molar-refractivity contribution >= 4 is 18.5 Å². The third-order valence-electron chi connectivity index (χ3n) is 0.902. The monoisotopic (exact) mass is 209 g/mol. The van der Waals surface area contributed by atoms with Crippen LogP contribution in [0.4, 0.5) is 4.39 Å². The second kappa shape index (κ2) is 3.45. The SMILES string of the molecule is OP(O)(=S)Oc1cccc(F)n1. The van der Waals surface area contributed by atoms with E-state index in [0.29, 0.717) is 0 Å². The summed E-state index contributed by atoms with van der Waals surface area (Å²) in [5, 5.41) is 0. The first-order valence-corrected chi connectivity index (χ1v) is 5.48. The number of hydrogen-bond acceptors (Lipinski definition) is 3. The topological polar surface area (TPSA) is 62.6 Å². The Labute approximate surface area is 72.9 Å². The maximum absolute atomic E-state index is 12.4. The summed E-state index contributed by atoms with van der Waals surface area (Å²) in [5.74, 6) is -1.00. The lowest BCUT2D eigenvalue weighted by atomic mass is 10.5. The zero-order valence-electron chi connectivity index (χ0n) is 5.72. The van der Waals surface area contributed by atoms with Gasteiger partial charge in [-0.15, -0.1) is 0 Å². The molecule has 0 amide bonds. The van der Waals surface area contributed by atoms with Crippen LogP contribution in [-0.4, -0.2) is 14.8 Å². The van der Waals surface area contributed by atoms with E-state index in [0.717, 1.165) is 6.07 Å². The van der Waals surface area contributed by atoms with Gasteiger partial charge in [0.2, 0.25) is 11.8 Å². The molecule has 0 saturated heterocycles. The number of hydrogen-bond donors (Lipinski definition) is 2. The second-order valence-corrected chi connectivity index (χ2v) is 4.47. The Morgan fingerprint density at radius 3 is 2.67 bits per heavy atom. The first kappa shape index (κ1) is 9.54. The van der Waals surface area contributed by atoms with Crippen LogP contribution in [0.5, 0.6) is 5.88 Å². The van der Waals surface area contributed by atoms with Crippen molar-refractivity contribution in [3.8, 4) is 5.88 Å². The highest BCUT2D eigenvalue weighted by Gasteiger charge is 2.10. The van der Waals surface area contributed by atoms with Crippen LogP contribution in [0, 0.1) is 5.95 Å². The molecular weight excluding hydrogens is 204 g/mol. The first-order valence-electron chi connectivity index (χ1n) is 2.85. The van der Waals surface area contributed by atoms with E-state index in [-0.39, 0.29) is 5.88 Å². The molecule has 0 aliphatic rings. The van der Waals surface area contributed by atoms with Crippen LogP contribution in [0.1, 0.15) is 0 Å². The molecule has 66 valence electrons. The summed E-state index contributed by atoms with van der Waals surface area (Å²) in [7, 11) is 0. The lowest BCUT2D eigenvalue weighted by Gasteiger charge is -2.07. The minimum Gasteiger partial charge on any atom is -0.406 e. The van der Waals surface area contributed by atoms with E-state index in [2.05, 4.69) is 21.3 Å². The third kappa shape index (κ3) is 3.23. The third-order valence-corrected chi connectivity index (χ3v) is 1.55. The molecule has 0 aliphatic carbocycles. The van der Waals surface area contributed by atoms with Crippen LogP contribution < -0.4 is 4.52 Å². The highest BCUT2D eigenvalue weighted by atomic mass is 32.5. The van der Waals surface area contributed by atoms with Gasteiger partial charge in [0.1, 0.15) is 0 Å². The molecule has 12 heavy (non-hydrogen) atoms. The van der Waals surface area contributed by atoms with Crippen LogP contribution >= 0.6 is 6.72 Å². The van der Waals surface area contributed by atoms with Gasteiger partial charge in [0.05, 0.1) is 0 Å². The van der Waals surface area contributed by atoms with E-state index in [4.69, 9.17) is 9.79 Å². The summed E-state index contributed by atoms with van der Waals surface area (Å²) in [5.41, 5.74) is 0. The average molecular weight is 209 g/mol. The highest BCUT2D eigenvalue weighted by Crippen LogP contribution is 2.36. The maximum atomic E-state index is 12.4. The standard InChI is InChI=1S/C5H5FNO3PS/c6-4-2-1-3-5(7-4)10-11(8,9)12/h1-3H,(H2,8,9,12). The van der Waals surface area contributed by atoms with E-state index in [1.54, 1.807) is 0 Å². The molecular formula is C5H5FNO3PS. The predicted molar refractivity (Wildman–Crippen MR) is 43.5 cm³/mol. The molecule has 0 radical (unpaired) electrons. The van der Waals surface area contributed by atoms with Gasteiger partial charge in [0.15, 0.2) is 0 Å². The Kier molecular flexibility index (Phi) is 2.74. The van der Waals surface area contributed by atoms with Crippen LogP contribution in [-0.2, 0) is 11.8 Å². The summed E-state index contributed by atoms with van der Waals surface area (Å²) < 4.78 is 16.7. The largest absolute Gasteiger partial charge is 0.406 e. The molecule has 1 aromatic rings. The fourth-order valence-electron chi connectivity index (χ4n) is 0.562. The molecule has 0 fully saturated rings. The van der Waals surface area contributed by atoms with Crippen molar-refractivity contribution in [2.24, 2.45) is 0 Å². The molecule has 4 nitrogen and oxygen atoms in total. The Morgan fingerprint density at radius 1 is 1.50 bits per heavy atom. The molecule has 0 saturated carbocycles. The number of pyridine rings is 1. The second-order valence-electron chi connectivity index (χ2n) is 1.88. The average Bonchev–Trinajstić information content (AvgIpc) is 1.82. The normalized spacial score (nSPS) is 11.2. The zero-order valence-corrected chi connectivity index (χ0v) is 7.43. The lowest BCUT2D eigenvalue weighted by Crippen LogP contribution is -1.93. The van der Waals surface area contributed by atoms with Crippen molar-refractivity contribution in [1.82, 2.24) is 4.98 Å². The Balaban J connectivity index is 2.84. The van der Waals surface area contributed by atoms with Gasteiger partial charge >= 0.3 is 6.72 Å². The molecule has 2 N–H and O–H groups in total. The molecule has 0 aliphatic heterocycles. The zero-order chi connectivity index (χ0) is 9.19. The smallest absolute Gasteiger partial charge is 0.376 e. The molecule has 0 unspecified atom stereocenters. The molecule has 0 spiro atoms. The molecule has 1 heterocycles. The first-order chi connectivity index (χ1) is 5.47. The van der Waals surface area contributed by atoms with Crippen molar-refractivity contribution in [3.05, 3.63) is 24.1 Å². The summed E-state index contributed by atoms with van der Waals surface area (Å²) in [6, 6.07) is 3.70. The van der Waals surface area contributed by atoms with Gasteiger partial charge in [-0.25, -0.2) is 0 Å². The Hall–Kier alpha value is -0.550. The number of aromatic nitrogens is 1. The van der Waals surface area contributed by atoms with E-state index >= 15 is 0 Å². The van der Waals surface area contributed by atoms with Crippen molar-refractivity contribution < 1.29 is 18.7 Å². The Bertz CT molecular complexity index is 328. The van der Waals surface area contributed by atoms with Crippen LogP contribution in [0.15, 0.2) is 18.2 Å². The van der Waals surface area contributed by atoms with Crippen LogP contribution in [0.25, 0.3) is 0 Å². The highest BCUT2D eigenvalue weighted by molar-refractivity contribution is 8.06. The van der Waals surface area contributed by atoms with E-state index < -0.39 is 12.7 Å². The van der Waals surface area contributed by atoms with E-state index in [9.17, 15) is 4.39 Å². The van der Waals surface area contributed by atoms with Gasteiger partial charge in [0, 0.05) is 17.9 Å². The lowest BCUT2D eigenvalue weighted by molar-refractivity contribution is 0.361. The summed E-state index contributed by atoms with van der Waals surface area (Å²) in [4.78, 5) is 20.5. The van der Waals surface area contributed by atoms with Gasteiger partial charge in [-0.2, -0.15) is 9.37 Å². The summed E-state index contributed by atoms with van der Waals surface area (Å²) >= 11 is 4.15. The van der Waals surface area contributed by atoms with Gasteiger partial charge < -0.3 is 14.3 Å². The van der Waals surface area contributed by atoms with Gasteiger partial charge in [-0.05, 0) is 6.07 Å². The van der Waals surface area contributed by atoms with Crippen molar-refractivity contribution in [2.75, 3.05) is 0 Å². The van der Waals surface area contributed by atoms with Crippen molar-refractivity contribution in [3.63, 3.8) is 0 Å². The number of halogens is 1. The van der Waals surface area contributed by atoms with Crippen LogP contribution in [0.2, 0.25) is 0 Å². The molecule has 1 aromatic heterocycles. The number of nitrogens with zero attached hydrogens (tertiary/aromatic N) is 1. The van der Waals surface area contributed by atoms with E-state index in [1.807, 2.05) is 0 Å². The van der Waals surface area contributed by atoms with Crippen molar-refractivity contribution in [2.45, 2.75) is 0 Å². The van der Waals surface area contributed by atoms with E-state index in [1.165, 1.54) is 12.1 Å². The van der Waals surface area contributed by atoms with Gasteiger partial charge in [-0.1, -0.05) is 6.07 Å². The molecule has 0 aromatic carbocycles. The molecule has 0 atom stereocenters. The minimum atomic E-state index is -3.80. The van der Waals surface area contributed by atoms with Gasteiger partial charge in [-0.3, -0.25) is 0 Å². The predicted octanol–water partition coefficient (Wildman–Crippen LogP) is 0.809. The van der Waals surface area contributed by atoms with Crippen molar-refractivity contribution in [1.29, 1.82) is 0 Å². The summed E-state index contributed by atoms with van der Waals surface area (Å²) in [6.45, 7) is -3.80. The fourth-order valence-corrected chi connectivity index (χ4v) is 1.14. The van der Waals surface area contributed by atoms with Gasteiger partial charge in [0.25, 0.3) is 0 Å². The molecule has 0 bridgehead atoms. The number of rotatable bonds is 2. The quantitative estimate of drug-likeness (QED) is 0.557. The summed E-state index contributed by atoms with van der Waals surface area (Å²) in [6.07, 6.45) is 0. The fraction of sp³-hybridized carbons (Fsp3) is 0. The molecule has 7 heteroatoms.